The van der Waals surface area contributed by atoms with Crippen LogP contribution in [0.5, 0.6) is 0 Å². The molecule has 44 heavy (non-hydrogen) atoms. The summed E-state index contributed by atoms with van der Waals surface area (Å²) in [6.45, 7) is 3.38. The molecule has 3 aromatic carbocycles. The summed E-state index contributed by atoms with van der Waals surface area (Å²) in [5, 5.41) is 3.94. The Balaban J connectivity index is 1.59. The number of rotatable bonds is 13. The molecular weight excluding hydrogens is 582 g/mol. The van der Waals surface area contributed by atoms with Crippen LogP contribution in [0.3, 0.4) is 0 Å². The molecule has 0 atom stereocenters. The first-order valence-corrected chi connectivity index (χ1v) is 14.8. The van der Waals surface area contributed by atoms with Crippen molar-refractivity contribution in [1.29, 1.82) is 0 Å². The Kier molecular flexibility index (Phi) is 11.5. The van der Waals surface area contributed by atoms with Gasteiger partial charge >= 0.3 is 11.9 Å². The maximum Gasteiger partial charge on any atom is 0.325 e. The standard InChI is InChI=1S/C34H36ClN3O6/c1-3-44-32(40)23-38(34(42)27-13-16-28(35)17-14-27)22-29-25(15-18-31(39)43-2)7-6-8-30(29)36-21-24-9-11-26(12-10-24)33(41)37-19-4-5-20-37/h4-14,16-17,36H,3,15,18-23H2,1-2H3. The summed E-state index contributed by atoms with van der Waals surface area (Å²) in [7, 11) is 1.34. The fraction of sp³-hybridized carbons (Fsp3) is 0.294. The molecule has 9 nitrogen and oxygen atoms in total. The summed E-state index contributed by atoms with van der Waals surface area (Å²) in [5.74, 6) is -1.26. The van der Waals surface area contributed by atoms with Gasteiger partial charge in [0.1, 0.15) is 6.54 Å². The quantitative estimate of drug-likeness (QED) is 0.206. The molecule has 0 unspecified atom stereocenters. The fourth-order valence-electron chi connectivity index (χ4n) is 4.88. The number of ether oxygens (including phenoxy) is 2. The number of carbonyl (C=O) groups is 4. The van der Waals surface area contributed by atoms with E-state index in [2.05, 4.69) is 5.32 Å². The van der Waals surface area contributed by atoms with Gasteiger partial charge in [0, 0.05) is 54.4 Å². The van der Waals surface area contributed by atoms with Crippen molar-refractivity contribution in [2.24, 2.45) is 0 Å². The molecule has 2 amide bonds. The van der Waals surface area contributed by atoms with E-state index in [-0.39, 0.29) is 43.9 Å². The zero-order valence-corrected chi connectivity index (χ0v) is 25.6. The van der Waals surface area contributed by atoms with E-state index in [9.17, 15) is 19.2 Å². The second kappa shape index (κ2) is 15.7. The van der Waals surface area contributed by atoms with Crippen LogP contribution >= 0.6 is 11.6 Å². The Morgan fingerprint density at radius 2 is 1.59 bits per heavy atom. The van der Waals surface area contributed by atoms with Gasteiger partial charge in [-0.25, -0.2) is 0 Å². The van der Waals surface area contributed by atoms with E-state index in [1.165, 1.54) is 12.0 Å². The minimum Gasteiger partial charge on any atom is -0.469 e. The lowest BCUT2D eigenvalue weighted by Gasteiger charge is -2.25. The van der Waals surface area contributed by atoms with E-state index in [4.69, 9.17) is 21.1 Å². The molecule has 1 aliphatic heterocycles. The lowest BCUT2D eigenvalue weighted by atomic mass is 9.99. The lowest BCUT2D eigenvalue weighted by molar-refractivity contribution is -0.144. The summed E-state index contributed by atoms with van der Waals surface area (Å²) in [4.78, 5) is 54.1. The summed E-state index contributed by atoms with van der Waals surface area (Å²) in [6.07, 6.45) is 4.48. The van der Waals surface area contributed by atoms with Gasteiger partial charge in [0.2, 0.25) is 0 Å². The third kappa shape index (κ3) is 8.70. The molecule has 0 saturated carbocycles. The van der Waals surface area contributed by atoms with Crippen LogP contribution in [0, 0.1) is 0 Å². The smallest absolute Gasteiger partial charge is 0.325 e. The number of nitrogens with one attached hydrogen (secondary N) is 1. The van der Waals surface area contributed by atoms with E-state index >= 15 is 0 Å². The van der Waals surface area contributed by atoms with Crippen LogP contribution in [0.1, 0.15) is 50.8 Å². The van der Waals surface area contributed by atoms with E-state index < -0.39 is 5.97 Å². The minimum atomic E-state index is -0.532. The van der Waals surface area contributed by atoms with Crippen molar-refractivity contribution in [2.45, 2.75) is 32.9 Å². The van der Waals surface area contributed by atoms with E-state index in [1.807, 2.05) is 54.6 Å². The Bertz CT molecular complexity index is 1500. The Hall–Kier alpha value is -4.63. The molecule has 4 rings (SSSR count). The average Bonchev–Trinajstić information content (AvgIpc) is 3.58. The number of esters is 2. The highest BCUT2D eigenvalue weighted by molar-refractivity contribution is 6.30. The van der Waals surface area contributed by atoms with Gasteiger partial charge in [-0.15, -0.1) is 0 Å². The topological polar surface area (TPSA) is 105 Å². The number of aryl methyl sites for hydroxylation is 1. The predicted molar refractivity (Wildman–Crippen MR) is 168 cm³/mol. The number of carbonyl (C=O) groups excluding carboxylic acids is 4. The van der Waals surface area contributed by atoms with E-state index in [1.54, 1.807) is 36.1 Å². The largest absolute Gasteiger partial charge is 0.469 e. The summed E-state index contributed by atoms with van der Waals surface area (Å²) >= 11 is 6.04. The van der Waals surface area contributed by atoms with Crippen LogP contribution in [-0.2, 0) is 38.6 Å². The van der Waals surface area contributed by atoms with Crippen molar-refractivity contribution in [3.05, 3.63) is 112 Å². The van der Waals surface area contributed by atoms with Crippen molar-refractivity contribution in [3.8, 4) is 0 Å². The Labute approximate surface area is 262 Å². The van der Waals surface area contributed by atoms with Crippen molar-refractivity contribution in [1.82, 2.24) is 9.80 Å². The first kappa shape index (κ1) is 32.3. The molecule has 1 heterocycles. The van der Waals surface area contributed by atoms with Crippen LogP contribution in [0.2, 0.25) is 5.02 Å². The number of methoxy groups -OCH3 is 1. The highest BCUT2D eigenvalue weighted by Gasteiger charge is 2.23. The number of anilines is 1. The number of halogens is 1. The maximum absolute atomic E-state index is 13.6. The molecule has 10 heteroatoms. The van der Waals surface area contributed by atoms with Gasteiger partial charge in [-0.1, -0.05) is 48.0 Å². The molecule has 0 bridgehead atoms. The average molecular weight is 618 g/mol. The molecular formula is C34H36ClN3O6. The molecule has 0 fully saturated rings. The first-order chi connectivity index (χ1) is 21.3. The fourth-order valence-corrected chi connectivity index (χ4v) is 5.00. The van der Waals surface area contributed by atoms with Crippen molar-refractivity contribution in [3.63, 3.8) is 0 Å². The third-order valence-corrected chi connectivity index (χ3v) is 7.49. The lowest BCUT2D eigenvalue weighted by Crippen LogP contribution is -2.36. The molecule has 0 aromatic heterocycles. The van der Waals surface area contributed by atoms with Crippen LogP contribution in [-0.4, -0.2) is 66.9 Å². The zero-order valence-electron chi connectivity index (χ0n) is 24.9. The minimum absolute atomic E-state index is 0.0119. The second-order valence-electron chi connectivity index (χ2n) is 10.2. The number of nitrogens with zero attached hydrogens (tertiary/aromatic N) is 2. The predicted octanol–water partition coefficient (Wildman–Crippen LogP) is 5.28. The summed E-state index contributed by atoms with van der Waals surface area (Å²) < 4.78 is 10.0. The van der Waals surface area contributed by atoms with Gasteiger partial charge < -0.3 is 24.6 Å². The monoisotopic (exact) mass is 617 g/mol. The van der Waals surface area contributed by atoms with Crippen molar-refractivity contribution < 1.29 is 28.7 Å². The van der Waals surface area contributed by atoms with Gasteiger partial charge in [0.05, 0.1) is 13.7 Å². The molecule has 0 aliphatic carbocycles. The molecule has 0 spiro atoms. The Morgan fingerprint density at radius 3 is 2.25 bits per heavy atom. The van der Waals surface area contributed by atoms with E-state index in [0.29, 0.717) is 42.2 Å². The first-order valence-electron chi connectivity index (χ1n) is 14.4. The SMILES string of the molecule is CCOC(=O)CN(Cc1c(CCC(=O)OC)cccc1NCc1ccc(C(=O)N2CC=CC2)cc1)C(=O)c1ccc(Cl)cc1. The van der Waals surface area contributed by atoms with Gasteiger partial charge in [-0.05, 0) is 72.5 Å². The molecule has 1 N–H and O–H groups in total. The number of hydrogen-bond acceptors (Lipinski definition) is 7. The van der Waals surface area contributed by atoms with Gasteiger partial charge in [-0.3, -0.25) is 19.2 Å². The molecule has 1 aliphatic rings. The van der Waals surface area contributed by atoms with Gasteiger partial charge in [0.15, 0.2) is 0 Å². The van der Waals surface area contributed by atoms with Gasteiger partial charge in [0.25, 0.3) is 11.8 Å². The highest BCUT2D eigenvalue weighted by atomic mass is 35.5. The number of amides is 2. The normalized spacial score (nSPS) is 12.1. The van der Waals surface area contributed by atoms with Crippen LogP contribution in [0.25, 0.3) is 0 Å². The van der Waals surface area contributed by atoms with Crippen LogP contribution in [0.15, 0.2) is 78.9 Å². The number of benzene rings is 3. The van der Waals surface area contributed by atoms with E-state index in [0.717, 1.165) is 22.4 Å². The van der Waals surface area contributed by atoms with Crippen molar-refractivity contribution in [2.75, 3.05) is 38.7 Å². The number of hydrogen-bond donors (Lipinski definition) is 1. The van der Waals surface area contributed by atoms with Crippen LogP contribution in [0.4, 0.5) is 5.69 Å². The van der Waals surface area contributed by atoms with Crippen LogP contribution < -0.4 is 5.32 Å². The maximum atomic E-state index is 13.6. The molecule has 0 radical (unpaired) electrons. The molecule has 3 aromatic rings. The Morgan fingerprint density at radius 1 is 0.909 bits per heavy atom. The molecule has 230 valence electrons. The summed E-state index contributed by atoms with van der Waals surface area (Å²) in [6, 6.07) is 19.6. The molecule has 0 saturated heterocycles. The third-order valence-electron chi connectivity index (χ3n) is 7.24. The second-order valence-corrected chi connectivity index (χ2v) is 10.7. The summed E-state index contributed by atoms with van der Waals surface area (Å²) in [5.41, 5.74) is 4.29. The van der Waals surface area contributed by atoms with Gasteiger partial charge in [-0.2, -0.15) is 0 Å². The highest BCUT2D eigenvalue weighted by Crippen LogP contribution is 2.26. The van der Waals surface area contributed by atoms with Crippen molar-refractivity contribution >= 4 is 41.0 Å². The zero-order chi connectivity index (χ0) is 31.5.